The molecule has 1 aliphatic heterocycles. The number of hydrazine groups is 1. The summed E-state index contributed by atoms with van der Waals surface area (Å²) in [4.78, 5) is 34.2. The van der Waals surface area contributed by atoms with Crippen LogP contribution in [0.25, 0.3) is 0 Å². The number of hydrogen-bond donors (Lipinski definition) is 1. The Morgan fingerprint density at radius 1 is 1.37 bits per heavy atom. The van der Waals surface area contributed by atoms with E-state index in [1.54, 1.807) is 31.2 Å². The number of carbonyl (C=O) groups is 3. The number of carboxylic acids is 1. The van der Waals surface area contributed by atoms with Gasteiger partial charge in [-0.2, -0.15) is 0 Å². The Bertz CT molecular complexity index is 541. The molecule has 0 bridgehead atoms. The third kappa shape index (κ3) is 2.73. The molecule has 1 heterocycles. The number of benzene rings is 1. The van der Waals surface area contributed by atoms with Crippen LogP contribution in [0.1, 0.15) is 22.3 Å². The summed E-state index contributed by atoms with van der Waals surface area (Å²) in [7, 11) is 0. The molecule has 1 N–H and O–H groups in total. The molecule has 0 aromatic heterocycles. The van der Waals surface area contributed by atoms with Crippen molar-refractivity contribution >= 4 is 17.8 Å². The second-order valence-electron chi connectivity index (χ2n) is 4.48. The lowest BCUT2D eigenvalue weighted by molar-refractivity contribution is -0.311. The quantitative estimate of drug-likeness (QED) is 0.774. The highest BCUT2D eigenvalue weighted by Crippen LogP contribution is 2.16. The van der Waals surface area contributed by atoms with Gasteiger partial charge >= 0.3 is 0 Å². The average Bonchev–Trinajstić information content (AvgIpc) is 2.71. The first-order chi connectivity index (χ1) is 8.99. The monoisotopic (exact) mass is 261 g/mol. The Hall–Kier alpha value is -2.37. The van der Waals surface area contributed by atoms with E-state index < -0.39 is 23.7 Å². The SMILES string of the molecule is Cc1ccccc1C(=O)NN1C[C@@H](C(=O)[O-])CC1=O. The van der Waals surface area contributed by atoms with Crippen molar-refractivity contribution in [1.82, 2.24) is 10.4 Å². The fraction of sp³-hybridized carbons (Fsp3) is 0.308. The Labute approximate surface area is 110 Å². The maximum atomic E-state index is 12.0. The summed E-state index contributed by atoms with van der Waals surface area (Å²) in [5.41, 5.74) is 3.66. The van der Waals surface area contributed by atoms with Crippen molar-refractivity contribution in [2.45, 2.75) is 13.3 Å². The molecule has 19 heavy (non-hydrogen) atoms. The Kier molecular flexibility index (Phi) is 3.50. The van der Waals surface area contributed by atoms with Crippen LogP contribution in [0.5, 0.6) is 0 Å². The highest BCUT2D eigenvalue weighted by atomic mass is 16.4. The van der Waals surface area contributed by atoms with E-state index in [0.29, 0.717) is 5.56 Å². The van der Waals surface area contributed by atoms with Gasteiger partial charge in [-0.25, -0.2) is 0 Å². The average molecular weight is 261 g/mol. The van der Waals surface area contributed by atoms with Gasteiger partial charge in [-0.15, -0.1) is 0 Å². The largest absolute Gasteiger partial charge is 0.550 e. The predicted molar refractivity (Wildman–Crippen MR) is 63.5 cm³/mol. The van der Waals surface area contributed by atoms with E-state index in [1.165, 1.54) is 0 Å². The maximum absolute atomic E-state index is 12.0. The number of nitrogens with one attached hydrogen (secondary N) is 1. The molecule has 1 saturated heterocycles. The highest BCUT2D eigenvalue weighted by Gasteiger charge is 2.31. The van der Waals surface area contributed by atoms with Gasteiger partial charge in [0.2, 0.25) is 5.91 Å². The van der Waals surface area contributed by atoms with E-state index in [4.69, 9.17) is 0 Å². The van der Waals surface area contributed by atoms with E-state index in [-0.39, 0.29) is 13.0 Å². The molecule has 1 aromatic rings. The van der Waals surface area contributed by atoms with Crippen LogP contribution < -0.4 is 10.5 Å². The van der Waals surface area contributed by atoms with Gasteiger partial charge in [0.05, 0.1) is 6.54 Å². The van der Waals surface area contributed by atoms with E-state index in [1.807, 2.05) is 0 Å². The van der Waals surface area contributed by atoms with Crippen LogP contribution in [0.3, 0.4) is 0 Å². The molecule has 0 radical (unpaired) electrons. The van der Waals surface area contributed by atoms with Crippen LogP contribution in [-0.2, 0) is 9.59 Å². The molecule has 0 saturated carbocycles. The van der Waals surface area contributed by atoms with Crippen LogP contribution in [0.15, 0.2) is 24.3 Å². The third-order valence-corrected chi connectivity index (χ3v) is 3.08. The van der Waals surface area contributed by atoms with Gasteiger partial charge in [0.15, 0.2) is 0 Å². The zero-order valence-electron chi connectivity index (χ0n) is 10.4. The van der Waals surface area contributed by atoms with Crippen molar-refractivity contribution in [3.05, 3.63) is 35.4 Å². The van der Waals surface area contributed by atoms with Crippen molar-refractivity contribution in [3.8, 4) is 0 Å². The summed E-state index contributed by atoms with van der Waals surface area (Å²) >= 11 is 0. The molecule has 6 nitrogen and oxygen atoms in total. The number of carboxylic acid groups (broad SMARTS) is 1. The Morgan fingerprint density at radius 3 is 2.63 bits per heavy atom. The number of hydrogen-bond acceptors (Lipinski definition) is 4. The molecule has 6 heteroatoms. The second-order valence-corrected chi connectivity index (χ2v) is 4.48. The van der Waals surface area contributed by atoms with Gasteiger partial charge in [-0.1, -0.05) is 18.2 Å². The molecule has 100 valence electrons. The van der Waals surface area contributed by atoms with E-state index in [9.17, 15) is 19.5 Å². The first kappa shape index (κ1) is 13.1. The topological polar surface area (TPSA) is 89.5 Å². The minimum absolute atomic E-state index is 0.0568. The van der Waals surface area contributed by atoms with Crippen molar-refractivity contribution in [2.75, 3.05) is 6.54 Å². The maximum Gasteiger partial charge on any atom is 0.270 e. The minimum Gasteiger partial charge on any atom is -0.550 e. The van der Waals surface area contributed by atoms with E-state index >= 15 is 0 Å². The summed E-state index contributed by atoms with van der Waals surface area (Å²) in [6, 6.07) is 6.95. The fourth-order valence-corrected chi connectivity index (χ4v) is 1.98. The van der Waals surface area contributed by atoms with Gasteiger partial charge in [0.1, 0.15) is 0 Å². The van der Waals surface area contributed by atoms with E-state index in [0.717, 1.165) is 10.6 Å². The van der Waals surface area contributed by atoms with E-state index in [2.05, 4.69) is 5.43 Å². The molecule has 1 aliphatic rings. The molecule has 0 spiro atoms. The number of amides is 2. The molecule has 0 aliphatic carbocycles. The van der Waals surface area contributed by atoms with Gasteiger partial charge in [0.25, 0.3) is 5.91 Å². The zero-order chi connectivity index (χ0) is 14.0. The lowest BCUT2D eigenvalue weighted by atomic mass is 10.1. The van der Waals surface area contributed by atoms with Gasteiger partial charge < -0.3 is 9.90 Å². The zero-order valence-corrected chi connectivity index (χ0v) is 10.4. The molecular weight excluding hydrogens is 248 g/mol. The lowest BCUT2D eigenvalue weighted by Gasteiger charge is -2.18. The number of nitrogens with zero attached hydrogens (tertiary/aromatic N) is 1. The third-order valence-electron chi connectivity index (χ3n) is 3.08. The van der Waals surface area contributed by atoms with Crippen LogP contribution >= 0.6 is 0 Å². The van der Waals surface area contributed by atoms with Crippen molar-refractivity contribution in [3.63, 3.8) is 0 Å². The van der Waals surface area contributed by atoms with Crippen molar-refractivity contribution < 1.29 is 19.5 Å². The molecule has 1 fully saturated rings. The Balaban J connectivity index is 2.06. The summed E-state index contributed by atoms with van der Waals surface area (Å²) in [5, 5.41) is 11.7. The molecule has 0 unspecified atom stereocenters. The fourth-order valence-electron chi connectivity index (χ4n) is 1.98. The second kappa shape index (κ2) is 5.09. The predicted octanol–water partition coefficient (Wildman–Crippen LogP) is -0.762. The normalized spacial score (nSPS) is 18.5. The molecule has 1 atom stereocenters. The molecule has 2 amide bonds. The number of carbonyl (C=O) groups excluding carboxylic acids is 3. The summed E-state index contributed by atoms with van der Waals surface area (Å²) < 4.78 is 0. The van der Waals surface area contributed by atoms with Crippen LogP contribution in [0, 0.1) is 12.8 Å². The van der Waals surface area contributed by atoms with Crippen molar-refractivity contribution in [1.29, 1.82) is 0 Å². The lowest BCUT2D eigenvalue weighted by Crippen LogP contribution is -2.44. The molecule has 1 aromatic carbocycles. The van der Waals surface area contributed by atoms with Crippen molar-refractivity contribution in [2.24, 2.45) is 5.92 Å². The highest BCUT2D eigenvalue weighted by molar-refractivity contribution is 5.97. The van der Waals surface area contributed by atoms with Gasteiger partial charge in [0, 0.05) is 23.9 Å². The Morgan fingerprint density at radius 2 is 2.05 bits per heavy atom. The molecule has 2 rings (SSSR count). The number of aryl methyl sites for hydroxylation is 1. The minimum atomic E-state index is -1.28. The standard InChI is InChI=1S/C13H14N2O4/c1-8-4-2-3-5-10(8)12(17)14-15-7-9(13(18)19)6-11(15)16/h2-5,9H,6-7H2,1H3,(H,14,17)(H,18,19)/p-1/t9-/m0/s1. The first-order valence-electron chi connectivity index (χ1n) is 5.87. The smallest absolute Gasteiger partial charge is 0.270 e. The summed E-state index contributed by atoms with van der Waals surface area (Å²) in [6.45, 7) is 1.73. The summed E-state index contributed by atoms with van der Waals surface area (Å²) in [5.74, 6) is -2.99. The van der Waals surface area contributed by atoms with Crippen LogP contribution in [0.2, 0.25) is 0 Å². The van der Waals surface area contributed by atoms with Gasteiger partial charge in [-0.3, -0.25) is 20.0 Å². The van der Waals surface area contributed by atoms with Gasteiger partial charge in [-0.05, 0) is 18.6 Å². The summed E-state index contributed by atoms with van der Waals surface area (Å²) in [6.07, 6.45) is -0.142. The number of aliphatic carboxylic acids is 1. The van der Waals surface area contributed by atoms with Crippen LogP contribution in [0.4, 0.5) is 0 Å². The van der Waals surface area contributed by atoms with Crippen LogP contribution in [-0.4, -0.2) is 29.3 Å². The number of rotatable bonds is 3. The first-order valence-corrected chi connectivity index (χ1v) is 5.87. The molecular formula is C13H13N2O4-.